The molecule has 0 fully saturated rings. The summed E-state index contributed by atoms with van der Waals surface area (Å²) in [6.45, 7) is 1.88. The number of carbonyl (C=O) groups excluding carboxylic acids is 1. The van der Waals surface area contributed by atoms with Crippen LogP contribution in [-0.4, -0.2) is 5.91 Å². The van der Waals surface area contributed by atoms with E-state index in [2.05, 4.69) is 43.8 Å². The molecule has 0 aliphatic carbocycles. The zero-order chi connectivity index (χ0) is 14.0. The van der Waals surface area contributed by atoms with Crippen LogP contribution in [0.1, 0.15) is 15.9 Å². The summed E-state index contributed by atoms with van der Waals surface area (Å²) in [6, 6.07) is 11.0. The smallest absolute Gasteiger partial charge is 0.256 e. The molecule has 2 rings (SSSR count). The molecule has 0 aromatic heterocycles. The number of carbonyl (C=O) groups is 1. The summed E-state index contributed by atoms with van der Waals surface area (Å²) in [6.07, 6.45) is 0. The van der Waals surface area contributed by atoms with E-state index in [1.807, 2.05) is 31.2 Å². The second-order valence-electron chi connectivity index (χ2n) is 4.04. The molecule has 0 unspecified atom stereocenters. The van der Waals surface area contributed by atoms with Crippen molar-refractivity contribution >= 4 is 61.7 Å². The lowest BCUT2D eigenvalue weighted by Crippen LogP contribution is -2.13. The third-order valence-electron chi connectivity index (χ3n) is 2.62. The van der Waals surface area contributed by atoms with Crippen molar-refractivity contribution in [1.82, 2.24) is 0 Å². The Morgan fingerprint density at radius 3 is 2.68 bits per heavy atom. The number of halogens is 3. The summed E-state index contributed by atoms with van der Waals surface area (Å²) in [5, 5.41) is 3.43. The Balaban J connectivity index is 2.28. The highest BCUT2D eigenvalue weighted by molar-refractivity contribution is 14.1. The van der Waals surface area contributed by atoms with Crippen LogP contribution in [0.15, 0.2) is 40.9 Å². The average Bonchev–Trinajstić information content (AvgIpc) is 2.35. The maximum Gasteiger partial charge on any atom is 0.256 e. The van der Waals surface area contributed by atoms with Crippen LogP contribution in [-0.2, 0) is 0 Å². The molecule has 0 radical (unpaired) electrons. The van der Waals surface area contributed by atoms with Crippen LogP contribution < -0.4 is 5.32 Å². The minimum Gasteiger partial charge on any atom is -0.321 e. The Bertz CT molecular complexity index is 645. The number of nitrogens with one attached hydrogen (secondary N) is 1. The van der Waals surface area contributed by atoms with Gasteiger partial charge in [0.15, 0.2) is 0 Å². The molecule has 0 heterocycles. The van der Waals surface area contributed by atoms with E-state index in [1.165, 1.54) is 0 Å². The van der Waals surface area contributed by atoms with Gasteiger partial charge in [-0.15, -0.1) is 0 Å². The summed E-state index contributed by atoms with van der Waals surface area (Å²) in [7, 11) is 0. The number of hydrogen-bond donors (Lipinski definition) is 1. The molecule has 98 valence electrons. The van der Waals surface area contributed by atoms with E-state index in [9.17, 15) is 4.79 Å². The second kappa shape index (κ2) is 6.24. The largest absolute Gasteiger partial charge is 0.321 e. The van der Waals surface area contributed by atoms with E-state index >= 15 is 0 Å². The molecule has 0 spiro atoms. The number of anilines is 1. The molecule has 1 amide bonds. The van der Waals surface area contributed by atoms with Gasteiger partial charge in [0.25, 0.3) is 5.91 Å². The SMILES string of the molecule is Cc1ccc(Cl)cc1C(=O)Nc1ccc(I)cc1Br. The Kier molecular flexibility index (Phi) is 4.86. The highest BCUT2D eigenvalue weighted by atomic mass is 127. The van der Waals surface area contributed by atoms with Gasteiger partial charge in [0.2, 0.25) is 0 Å². The maximum atomic E-state index is 12.2. The quantitative estimate of drug-likeness (QED) is 0.621. The fourth-order valence-electron chi connectivity index (χ4n) is 1.62. The Hall–Kier alpha value is -0.590. The van der Waals surface area contributed by atoms with E-state index < -0.39 is 0 Å². The van der Waals surface area contributed by atoms with Crippen LogP contribution in [0, 0.1) is 10.5 Å². The van der Waals surface area contributed by atoms with Crippen LogP contribution in [0.2, 0.25) is 5.02 Å². The molecule has 19 heavy (non-hydrogen) atoms. The predicted molar refractivity (Wildman–Crippen MR) is 91.0 cm³/mol. The van der Waals surface area contributed by atoms with Gasteiger partial charge in [-0.25, -0.2) is 0 Å². The van der Waals surface area contributed by atoms with Crippen molar-refractivity contribution in [2.75, 3.05) is 5.32 Å². The van der Waals surface area contributed by atoms with E-state index in [0.29, 0.717) is 10.6 Å². The molecule has 2 aromatic carbocycles. The molecule has 2 nitrogen and oxygen atoms in total. The van der Waals surface area contributed by atoms with Crippen molar-refractivity contribution in [3.05, 3.63) is 60.6 Å². The topological polar surface area (TPSA) is 29.1 Å². The second-order valence-corrected chi connectivity index (χ2v) is 6.57. The van der Waals surface area contributed by atoms with Crippen LogP contribution in [0.5, 0.6) is 0 Å². The van der Waals surface area contributed by atoms with Gasteiger partial charge in [-0.3, -0.25) is 4.79 Å². The Labute approximate surface area is 138 Å². The lowest BCUT2D eigenvalue weighted by atomic mass is 10.1. The van der Waals surface area contributed by atoms with Gasteiger partial charge >= 0.3 is 0 Å². The summed E-state index contributed by atoms with van der Waals surface area (Å²) in [5.74, 6) is -0.165. The molecular weight excluding hydrogens is 440 g/mol. The number of benzene rings is 2. The molecule has 1 N–H and O–H groups in total. The van der Waals surface area contributed by atoms with Crippen molar-refractivity contribution < 1.29 is 4.79 Å². The number of amides is 1. The van der Waals surface area contributed by atoms with Gasteiger partial charge < -0.3 is 5.32 Å². The van der Waals surface area contributed by atoms with Crippen molar-refractivity contribution in [1.29, 1.82) is 0 Å². The number of rotatable bonds is 2. The monoisotopic (exact) mass is 449 g/mol. The zero-order valence-electron chi connectivity index (χ0n) is 10.0. The molecule has 2 aromatic rings. The normalized spacial score (nSPS) is 10.3. The summed E-state index contributed by atoms with van der Waals surface area (Å²) < 4.78 is 1.95. The van der Waals surface area contributed by atoms with E-state index in [0.717, 1.165) is 19.3 Å². The van der Waals surface area contributed by atoms with Gasteiger partial charge in [0.1, 0.15) is 0 Å². The summed E-state index contributed by atoms with van der Waals surface area (Å²) >= 11 is 11.6. The van der Waals surface area contributed by atoms with Crippen LogP contribution in [0.4, 0.5) is 5.69 Å². The molecule has 0 saturated carbocycles. The lowest BCUT2D eigenvalue weighted by molar-refractivity contribution is 0.102. The molecule has 0 aliphatic rings. The van der Waals surface area contributed by atoms with Gasteiger partial charge in [-0.1, -0.05) is 17.7 Å². The molecule has 0 aliphatic heterocycles. The first-order valence-electron chi connectivity index (χ1n) is 5.50. The number of hydrogen-bond acceptors (Lipinski definition) is 1. The first kappa shape index (κ1) is 14.8. The van der Waals surface area contributed by atoms with Crippen LogP contribution in [0.3, 0.4) is 0 Å². The molecule has 0 atom stereocenters. The lowest BCUT2D eigenvalue weighted by Gasteiger charge is -2.10. The fraction of sp³-hybridized carbons (Fsp3) is 0.0714. The Morgan fingerprint density at radius 2 is 2.00 bits per heavy atom. The first-order valence-corrected chi connectivity index (χ1v) is 7.75. The third kappa shape index (κ3) is 3.70. The van der Waals surface area contributed by atoms with Crippen molar-refractivity contribution in [3.63, 3.8) is 0 Å². The third-order valence-corrected chi connectivity index (χ3v) is 4.19. The minimum atomic E-state index is -0.165. The van der Waals surface area contributed by atoms with E-state index in [4.69, 9.17) is 11.6 Å². The van der Waals surface area contributed by atoms with Gasteiger partial charge in [-0.05, 0) is 81.3 Å². The predicted octanol–water partition coefficient (Wildman–Crippen LogP) is 5.27. The van der Waals surface area contributed by atoms with Crippen molar-refractivity contribution in [2.24, 2.45) is 0 Å². The first-order chi connectivity index (χ1) is 8.97. The highest BCUT2D eigenvalue weighted by Crippen LogP contribution is 2.25. The van der Waals surface area contributed by atoms with Gasteiger partial charge in [0.05, 0.1) is 5.69 Å². The molecule has 0 bridgehead atoms. The van der Waals surface area contributed by atoms with E-state index in [1.54, 1.807) is 12.1 Å². The molecular formula is C14H10BrClINO. The van der Waals surface area contributed by atoms with Gasteiger partial charge in [-0.2, -0.15) is 0 Å². The zero-order valence-corrected chi connectivity index (χ0v) is 14.5. The standard InChI is InChI=1S/C14H10BrClINO/c1-8-2-3-9(16)6-11(8)14(19)18-13-5-4-10(17)7-12(13)15/h2-7H,1H3,(H,18,19). The maximum absolute atomic E-state index is 12.2. The molecule has 5 heteroatoms. The summed E-state index contributed by atoms with van der Waals surface area (Å²) in [4.78, 5) is 12.2. The van der Waals surface area contributed by atoms with Crippen LogP contribution in [0.25, 0.3) is 0 Å². The van der Waals surface area contributed by atoms with Gasteiger partial charge in [0, 0.05) is 18.6 Å². The van der Waals surface area contributed by atoms with E-state index in [-0.39, 0.29) is 5.91 Å². The minimum absolute atomic E-state index is 0.165. The molecule has 0 saturated heterocycles. The summed E-state index contributed by atoms with van der Waals surface area (Å²) in [5.41, 5.74) is 2.21. The fourth-order valence-corrected chi connectivity index (χ4v) is 3.19. The van der Waals surface area contributed by atoms with Crippen molar-refractivity contribution in [3.8, 4) is 0 Å². The highest BCUT2D eigenvalue weighted by Gasteiger charge is 2.11. The number of aryl methyl sites for hydroxylation is 1. The van der Waals surface area contributed by atoms with Crippen molar-refractivity contribution in [2.45, 2.75) is 6.92 Å². The van der Waals surface area contributed by atoms with Crippen LogP contribution >= 0.6 is 50.1 Å². The Morgan fingerprint density at radius 1 is 1.26 bits per heavy atom. The average molecular weight is 451 g/mol.